The first-order valence-corrected chi connectivity index (χ1v) is 13.7. The van der Waals surface area contributed by atoms with Crippen LogP contribution in [0.1, 0.15) is 5.56 Å². The van der Waals surface area contributed by atoms with E-state index in [1.54, 1.807) is 41.2 Å². The Morgan fingerprint density at radius 3 is 2.29 bits per heavy atom. The van der Waals surface area contributed by atoms with E-state index in [1.807, 2.05) is 0 Å². The fourth-order valence-electron chi connectivity index (χ4n) is 3.41. The van der Waals surface area contributed by atoms with E-state index in [9.17, 15) is 27.9 Å². The summed E-state index contributed by atoms with van der Waals surface area (Å²) in [6.45, 7) is -0.134. The molecule has 0 fully saturated rings. The lowest BCUT2D eigenvalue weighted by Gasteiger charge is -2.25. The highest BCUT2D eigenvalue weighted by molar-refractivity contribution is 7.93. The smallest absolute Gasteiger partial charge is 0.345 e. The third-order valence-electron chi connectivity index (χ3n) is 4.94. The molecular weight excluding hydrogens is 524 g/mol. The van der Waals surface area contributed by atoms with Gasteiger partial charge in [0.1, 0.15) is 12.1 Å². The number of aliphatic hydroxyl groups excluding tert-OH is 1. The van der Waals surface area contributed by atoms with Gasteiger partial charge in [0.05, 0.1) is 22.7 Å². The average Bonchev–Trinajstić information content (AvgIpc) is 3.19. The molecule has 3 N–H and O–H groups in total. The van der Waals surface area contributed by atoms with Crippen molar-refractivity contribution in [1.29, 1.82) is 0 Å². The first-order chi connectivity index (χ1) is 16.0. The van der Waals surface area contributed by atoms with E-state index in [0.717, 1.165) is 12.1 Å². The maximum atomic E-state index is 13.4. The second-order valence-corrected chi connectivity index (χ2v) is 11.7. The number of nitrogens with zero attached hydrogens (tertiary/aromatic N) is 3. The Morgan fingerprint density at radius 2 is 1.71 bits per heavy atom. The number of anilines is 1. The molecule has 0 atom stereocenters. The van der Waals surface area contributed by atoms with Gasteiger partial charge in [0.25, 0.3) is 10.0 Å². The second-order valence-electron chi connectivity index (χ2n) is 7.38. The molecule has 13 heteroatoms. The maximum absolute atomic E-state index is 13.4. The number of sulfonamides is 1. The summed E-state index contributed by atoms with van der Waals surface area (Å²) >= 11 is 11.9. The topological polar surface area (TPSA) is 133 Å². The zero-order valence-electron chi connectivity index (χ0n) is 17.3. The minimum atomic E-state index is -4.79. The van der Waals surface area contributed by atoms with E-state index in [4.69, 9.17) is 23.2 Å². The molecule has 34 heavy (non-hydrogen) atoms. The van der Waals surface area contributed by atoms with Crippen LogP contribution in [0.25, 0.3) is 16.7 Å². The van der Waals surface area contributed by atoms with Crippen LogP contribution in [0.15, 0.2) is 71.9 Å². The molecule has 0 radical (unpaired) electrons. The molecule has 4 aromatic rings. The van der Waals surface area contributed by atoms with E-state index in [1.165, 1.54) is 18.2 Å². The van der Waals surface area contributed by atoms with Gasteiger partial charge in [-0.2, -0.15) is 0 Å². The Hall–Kier alpha value is -2.43. The molecule has 178 valence electrons. The van der Waals surface area contributed by atoms with E-state index >= 15 is 0 Å². The summed E-state index contributed by atoms with van der Waals surface area (Å²) in [5, 5.41) is 9.94. The van der Waals surface area contributed by atoms with Crippen LogP contribution in [0.2, 0.25) is 10.0 Å². The van der Waals surface area contributed by atoms with Gasteiger partial charge in [0.2, 0.25) is 0 Å². The molecule has 0 aliphatic heterocycles. The van der Waals surface area contributed by atoms with Gasteiger partial charge in [-0.25, -0.2) is 13.4 Å². The van der Waals surface area contributed by atoms with Crippen molar-refractivity contribution in [2.75, 3.05) is 10.6 Å². The van der Waals surface area contributed by atoms with Crippen molar-refractivity contribution in [1.82, 2.24) is 9.55 Å². The molecule has 0 amide bonds. The number of aliphatic hydroxyl groups is 1. The molecule has 2 aromatic carbocycles. The number of hydrogen-bond donors (Lipinski definition) is 3. The number of aromatic nitrogens is 2. The predicted octanol–water partition coefficient (Wildman–Crippen LogP) is 4.16. The molecule has 9 nitrogen and oxygen atoms in total. The van der Waals surface area contributed by atoms with Gasteiger partial charge in [0.15, 0.2) is 0 Å². The van der Waals surface area contributed by atoms with E-state index in [2.05, 4.69) is 4.98 Å². The quantitative estimate of drug-likeness (QED) is 0.299. The summed E-state index contributed by atoms with van der Waals surface area (Å²) in [4.78, 5) is 23.2. The number of pyridine rings is 1. The van der Waals surface area contributed by atoms with Crippen LogP contribution in [0, 0.1) is 0 Å². The van der Waals surface area contributed by atoms with Crippen molar-refractivity contribution in [3.63, 3.8) is 0 Å². The van der Waals surface area contributed by atoms with Gasteiger partial charge in [-0.1, -0.05) is 29.3 Å². The predicted molar refractivity (Wildman–Crippen MR) is 130 cm³/mol. The zero-order chi connectivity index (χ0) is 24.7. The minimum absolute atomic E-state index is 0.0493. The van der Waals surface area contributed by atoms with Crippen molar-refractivity contribution in [2.24, 2.45) is 0 Å². The molecular formula is C21H18Cl2N3O6PS. The SMILES string of the molecule is O=P(O)(O)CN(c1ccc2c(ccn2-c2ccc(CO)cn2)c1)S(=O)(=O)c1cc(Cl)cc(Cl)c1. The van der Waals surface area contributed by atoms with Crippen LogP contribution in [-0.4, -0.2) is 39.1 Å². The minimum Gasteiger partial charge on any atom is -0.392 e. The van der Waals surface area contributed by atoms with Crippen LogP contribution < -0.4 is 4.31 Å². The molecule has 0 saturated carbocycles. The second kappa shape index (κ2) is 9.31. The van der Waals surface area contributed by atoms with Crippen molar-refractivity contribution in [3.8, 4) is 5.82 Å². The Balaban J connectivity index is 1.81. The Kier molecular flexibility index (Phi) is 6.76. The fraction of sp³-hybridized carbons (Fsp3) is 0.0952. The first kappa shape index (κ1) is 24.7. The number of benzene rings is 2. The van der Waals surface area contributed by atoms with Crippen LogP contribution in [-0.2, 0) is 21.2 Å². The summed E-state index contributed by atoms with van der Waals surface area (Å²) in [6, 6.07) is 13.4. The van der Waals surface area contributed by atoms with Crippen molar-refractivity contribution in [2.45, 2.75) is 11.5 Å². The first-order valence-electron chi connectivity index (χ1n) is 9.69. The Bertz CT molecular complexity index is 1500. The summed E-state index contributed by atoms with van der Waals surface area (Å²) < 4.78 is 41.0. The van der Waals surface area contributed by atoms with Crippen molar-refractivity contribution >= 4 is 57.4 Å². The number of rotatable bonds is 7. The standard InChI is InChI=1S/C21H18Cl2N3O6PS/c22-16-8-17(23)10-19(9-16)34(31,32)26(13-33(28,29)30)18-2-3-20-15(7-18)5-6-25(20)21-4-1-14(12-27)11-24-21/h1-11,27H,12-13H2,(H2,28,29,30). The lowest BCUT2D eigenvalue weighted by molar-refractivity contribution is 0.281. The molecule has 2 heterocycles. The zero-order valence-corrected chi connectivity index (χ0v) is 20.5. The summed E-state index contributed by atoms with van der Waals surface area (Å²) in [6.07, 6.45) is 2.20. The van der Waals surface area contributed by atoms with E-state index < -0.39 is 23.9 Å². The number of hydrogen-bond acceptors (Lipinski definition) is 5. The number of halogens is 2. The van der Waals surface area contributed by atoms with Crippen LogP contribution in [0.3, 0.4) is 0 Å². The molecule has 0 unspecified atom stereocenters. The third kappa shape index (κ3) is 5.13. The van der Waals surface area contributed by atoms with Crippen molar-refractivity contribution in [3.05, 3.63) is 82.6 Å². The maximum Gasteiger partial charge on any atom is 0.345 e. The molecule has 0 spiro atoms. The summed E-state index contributed by atoms with van der Waals surface area (Å²) in [5.41, 5.74) is 1.39. The van der Waals surface area contributed by atoms with Crippen LogP contribution in [0.5, 0.6) is 0 Å². The van der Waals surface area contributed by atoms with E-state index in [0.29, 0.717) is 26.6 Å². The van der Waals surface area contributed by atoms with Crippen LogP contribution >= 0.6 is 30.8 Å². The van der Waals surface area contributed by atoms with Crippen molar-refractivity contribution < 1.29 is 27.9 Å². The third-order valence-corrected chi connectivity index (χ3v) is 7.97. The van der Waals surface area contributed by atoms with Gasteiger partial charge in [0, 0.05) is 27.8 Å². The fourth-order valence-corrected chi connectivity index (χ4v) is 6.82. The van der Waals surface area contributed by atoms with Gasteiger partial charge in [-0.15, -0.1) is 0 Å². The molecule has 0 aliphatic carbocycles. The lowest BCUT2D eigenvalue weighted by atomic mass is 10.2. The van der Waals surface area contributed by atoms with E-state index in [-0.39, 0.29) is 27.2 Å². The summed E-state index contributed by atoms with van der Waals surface area (Å²) in [7, 11) is -9.22. The largest absolute Gasteiger partial charge is 0.392 e. The normalized spacial score (nSPS) is 12.3. The lowest BCUT2D eigenvalue weighted by Crippen LogP contribution is -2.32. The molecule has 0 aliphatic rings. The molecule has 4 rings (SSSR count). The Morgan fingerprint density at radius 1 is 1.00 bits per heavy atom. The number of fused-ring (bicyclic) bond motifs is 1. The molecule has 0 saturated heterocycles. The van der Waals surface area contributed by atoms with Gasteiger partial charge < -0.3 is 19.5 Å². The van der Waals surface area contributed by atoms with Gasteiger partial charge >= 0.3 is 7.60 Å². The highest BCUT2D eigenvalue weighted by Crippen LogP contribution is 2.40. The monoisotopic (exact) mass is 541 g/mol. The van der Waals surface area contributed by atoms with Gasteiger partial charge in [-0.05, 0) is 54.1 Å². The highest BCUT2D eigenvalue weighted by atomic mass is 35.5. The Labute approximate surface area is 205 Å². The average molecular weight is 542 g/mol. The highest BCUT2D eigenvalue weighted by Gasteiger charge is 2.32. The molecule has 0 bridgehead atoms. The van der Waals surface area contributed by atoms with Crippen LogP contribution in [0.4, 0.5) is 5.69 Å². The molecule has 2 aromatic heterocycles. The summed E-state index contributed by atoms with van der Waals surface area (Å²) in [5.74, 6) is 0.577. The van der Waals surface area contributed by atoms with Gasteiger partial charge in [-0.3, -0.25) is 8.87 Å².